The normalized spacial score (nSPS) is 16.7. The van der Waals surface area contributed by atoms with Crippen LogP contribution in [0.1, 0.15) is 40.0 Å². The zero-order valence-corrected chi connectivity index (χ0v) is 17.5. The van der Waals surface area contributed by atoms with Crippen molar-refractivity contribution in [3.05, 3.63) is 34.7 Å². The van der Waals surface area contributed by atoms with E-state index in [0.29, 0.717) is 17.6 Å². The van der Waals surface area contributed by atoms with Crippen molar-refractivity contribution in [2.75, 3.05) is 19.6 Å². The number of hydrogen-bond acceptors (Lipinski definition) is 4. The number of nitrogens with one attached hydrogen (secondary N) is 1. The SMILES string of the molecule is CC(C)(C)C(NC(=O)n1c(=O)n(CCN2CCCCC2)c2ccccc21)C(N)=O. The number of carbonyl (C=O) groups excluding carboxylic acids is 2. The lowest BCUT2D eigenvalue weighted by molar-refractivity contribution is -0.122. The van der Waals surface area contributed by atoms with Gasteiger partial charge in [0, 0.05) is 13.1 Å². The summed E-state index contributed by atoms with van der Waals surface area (Å²) in [4.78, 5) is 40.3. The first-order chi connectivity index (χ1) is 13.7. The number of aromatic nitrogens is 2. The average Bonchev–Trinajstić information content (AvgIpc) is 2.95. The lowest BCUT2D eigenvalue weighted by Crippen LogP contribution is -2.54. The van der Waals surface area contributed by atoms with Gasteiger partial charge in [0.1, 0.15) is 6.04 Å². The quantitative estimate of drug-likeness (QED) is 0.797. The van der Waals surface area contributed by atoms with Gasteiger partial charge in [-0.05, 0) is 43.5 Å². The molecule has 1 atom stereocenters. The lowest BCUT2D eigenvalue weighted by atomic mass is 9.86. The van der Waals surface area contributed by atoms with Gasteiger partial charge in [-0.25, -0.2) is 14.2 Å². The van der Waals surface area contributed by atoms with Gasteiger partial charge in [-0.15, -0.1) is 0 Å². The van der Waals surface area contributed by atoms with E-state index in [1.165, 1.54) is 19.3 Å². The van der Waals surface area contributed by atoms with Gasteiger partial charge in [0.05, 0.1) is 11.0 Å². The number of piperidine rings is 1. The van der Waals surface area contributed by atoms with Crippen molar-refractivity contribution in [3.8, 4) is 0 Å². The highest BCUT2D eigenvalue weighted by Gasteiger charge is 2.32. The van der Waals surface area contributed by atoms with Crippen LogP contribution >= 0.6 is 0 Å². The van der Waals surface area contributed by atoms with Crippen LogP contribution in [-0.2, 0) is 11.3 Å². The van der Waals surface area contributed by atoms with Gasteiger partial charge >= 0.3 is 11.7 Å². The molecule has 8 nitrogen and oxygen atoms in total. The minimum Gasteiger partial charge on any atom is -0.368 e. The Hall–Kier alpha value is -2.61. The summed E-state index contributed by atoms with van der Waals surface area (Å²) in [5, 5.41) is 2.65. The molecule has 1 unspecified atom stereocenters. The standard InChI is InChI=1S/C21H31N5O3/c1-21(2,3)17(18(22)27)23-19(28)26-16-10-6-5-9-15(16)25(20(26)29)14-13-24-11-7-4-8-12-24/h5-6,9-10,17H,4,7-8,11-14H2,1-3H3,(H2,22,27)(H,23,28). The Bertz CT molecular complexity index is 947. The number of likely N-dealkylation sites (tertiary alicyclic amines) is 1. The molecule has 1 aliphatic rings. The van der Waals surface area contributed by atoms with Crippen LogP contribution in [0.5, 0.6) is 0 Å². The molecule has 2 amide bonds. The Morgan fingerprint density at radius 3 is 2.28 bits per heavy atom. The molecule has 0 aliphatic carbocycles. The highest BCUT2D eigenvalue weighted by atomic mass is 16.2. The Morgan fingerprint density at radius 1 is 1.07 bits per heavy atom. The third-order valence-corrected chi connectivity index (χ3v) is 5.55. The monoisotopic (exact) mass is 401 g/mol. The second-order valence-electron chi connectivity index (χ2n) is 8.81. The molecule has 1 aromatic carbocycles. The second kappa shape index (κ2) is 8.41. The number of rotatable bonds is 5. The molecule has 1 saturated heterocycles. The largest absolute Gasteiger partial charge is 0.368 e. The minimum atomic E-state index is -0.891. The van der Waals surface area contributed by atoms with Crippen LogP contribution < -0.4 is 16.7 Å². The van der Waals surface area contributed by atoms with E-state index >= 15 is 0 Å². The third kappa shape index (κ3) is 4.53. The molecule has 8 heteroatoms. The number of nitrogens with two attached hydrogens (primary N) is 1. The van der Waals surface area contributed by atoms with Crippen LogP contribution in [0, 0.1) is 5.41 Å². The maximum absolute atomic E-state index is 13.1. The molecule has 0 radical (unpaired) electrons. The van der Waals surface area contributed by atoms with Gasteiger partial charge in [-0.1, -0.05) is 39.3 Å². The number of primary amides is 1. The number of fused-ring (bicyclic) bond motifs is 1. The summed E-state index contributed by atoms with van der Waals surface area (Å²) >= 11 is 0. The summed E-state index contributed by atoms with van der Waals surface area (Å²) in [6.07, 6.45) is 3.62. The van der Waals surface area contributed by atoms with Crippen LogP contribution in [0.15, 0.2) is 29.1 Å². The number of benzene rings is 1. The molecule has 1 fully saturated rings. The summed E-state index contributed by atoms with van der Waals surface area (Å²) in [5.74, 6) is -0.632. The van der Waals surface area contributed by atoms with Crippen molar-refractivity contribution in [1.82, 2.24) is 19.4 Å². The van der Waals surface area contributed by atoms with Crippen LogP contribution in [0.3, 0.4) is 0 Å². The maximum atomic E-state index is 13.1. The summed E-state index contributed by atoms with van der Waals surface area (Å²) in [6.45, 7) is 8.80. The van der Waals surface area contributed by atoms with E-state index in [2.05, 4.69) is 10.2 Å². The van der Waals surface area contributed by atoms with Crippen LogP contribution in [0.4, 0.5) is 4.79 Å². The Labute approximate surface area is 170 Å². The van der Waals surface area contributed by atoms with Crippen molar-refractivity contribution in [3.63, 3.8) is 0 Å². The smallest absolute Gasteiger partial charge is 0.337 e. The van der Waals surface area contributed by atoms with Gasteiger partial charge in [0.2, 0.25) is 5.91 Å². The minimum absolute atomic E-state index is 0.405. The molecule has 1 aromatic heterocycles. The first-order valence-corrected chi connectivity index (χ1v) is 10.2. The van der Waals surface area contributed by atoms with E-state index in [-0.39, 0.29) is 0 Å². The van der Waals surface area contributed by atoms with Crippen LogP contribution in [-0.4, -0.2) is 51.6 Å². The summed E-state index contributed by atoms with van der Waals surface area (Å²) < 4.78 is 2.74. The van der Waals surface area contributed by atoms with E-state index in [1.807, 2.05) is 32.9 Å². The Morgan fingerprint density at radius 2 is 1.69 bits per heavy atom. The van der Waals surface area contributed by atoms with Gasteiger partial charge in [0.25, 0.3) is 0 Å². The van der Waals surface area contributed by atoms with Gasteiger partial charge in [0.15, 0.2) is 0 Å². The van der Waals surface area contributed by atoms with Crippen molar-refractivity contribution >= 4 is 23.0 Å². The fourth-order valence-electron chi connectivity index (χ4n) is 3.95. The van der Waals surface area contributed by atoms with Gasteiger partial charge in [-0.2, -0.15) is 0 Å². The van der Waals surface area contributed by atoms with Crippen molar-refractivity contribution in [2.45, 2.75) is 52.6 Å². The van der Waals surface area contributed by atoms with Crippen molar-refractivity contribution in [2.24, 2.45) is 11.1 Å². The van der Waals surface area contributed by atoms with E-state index in [9.17, 15) is 14.4 Å². The number of para-hydroxylation sites is 2. The molecule has 158 valence electrons. The predicted molar refractivity (Wildman–Crippen MR) is 113 cm³/mol. The van der Waals surface area contributed by atoms with Crippen molar-refractivity contribution in [1.29, 1.82) is 0 Å². The highest BCUT2D eigenvalue weighted by Crippen LogP contribution is 2.20. The molecule has 1 aliphatic heterocycles. The number of nitrogens with zero attached hydrogens (tertiary/aromatic N) is 3. The average molecular weight is 402 g/mol. The van der Waals surface area contributed by atoms with Crippen LogP contribution in [0.25, 0.3) is 11.0 Å². The first kappa shape index (κ1) is 21.1. The zero-order chi connectivity index (χ0) is 21.2. The molecule has 0 bridgehead atoms. The summed E-state index contributed by atoms with van der Waals surface area (Å²) in [7, 11) is 0. The van der Waals surface area contributed by atoms with E-state index in [1.54, 1.807) is 16.7 Å². The zero-order valence-electron chi connectivity index (χ0n) is 17.5. The number of imidazole rings is 1. The highest BCUT2D eigenvalue weighted by molar-refractivity contribution is 5.92. The molecule has 0 spiro atoms. The number of hydrogen-bond donors (Lipinski definition) is 2. The molecule has 2 aromatic rings. The van der Waals surface area contributed by atoms with E-state index in [0.717, 1.165) is 24.2 Å². The summed E-state index contributed by atoms with van der Waals surface area (Å²) in [5.41, 5.74) is 5.73. The van der Waals surface area contributed by atoms with E-state index in [4.69, 9.17) is 5.73 Å². The molecular weight excluding hydrogens is 370 g/mol. The number of carbonyl (C=O) groups is 2. The predicted octanol–water partition coefficient (Wildman–Crippen LogP) is 1.75. The van der Waals surface area contributed by atoms with Gasteiger partial charge < -0.3 is 16.0 Å². The molecule has 29 heavy (non-hydrogen) atoms. The molecule has 0 saturated carbocycles. The first-order valence-electron chi connectivity index (χ1n) is 10.2. The maximum Gasteiger partial charge on any atom is 0.337 e. The molecule has 3 rings (SSSR count). The Kier molecular flexibility index (Phi) is 6.12. The molecule has 2 heterocycles. The fourth-order valence-corrected chi connectivity index (χ4v) is 3.95. The number of amides is 2. The van der Waals surface area contributed by atoms with Gasteiger partial charge in [-0.3, -0.25) is 9.36 Å². The lowest BCUT2D eigenvalue weighted by Gasteiger charge is -2.28. The Balaban J connectivity index is 1.91. The van der Waals surface area contributed by atoms with E-state index < -0.39 is 29.1 Å². The second-order valence-corrected chi connectivity index (χ2v) is 8.81. The van der Waals surface area contributed by atoms with Crippen molar-refractivity contribution < 1.29 is 9.59 Å². The third-order valence-electron chi connectivity index (χ3n) is 5.55. The molecule has 3 N–H and O–H groups in total. The summed E-state index contributed by atoms with van der Waals surface area (Å²) in [6, 6.07) is 5.69. The topological polar surface area (TPSA) is 102 Å². The molecular formula is C21H31N5O3. The fraction of sp³-hybridized carbons (Fsp3) is 0.571. The van der Waals surface area contributed by atoms with Crippen LogP contribution in [0.2, 0.25) is 0 Å².